The number of carbonyl (C=O) groups is 2. The predicted octanol–water partition coefficient (Wildman–Crippen LogP) is 6.11. The van der Waals surface area contributed by atoms with Crippen LogP contribution in [0.3, 0.4) is 0 Å². The quantitative estimate of drug-likeness (QED) is 0.279. The summed E-state index contributed by atoms with van der Waals surface area (Å²) in [5.41, 5.74) is 0.784. The molecule has 0 spiro atoms. The van der Waals surface area contributed by atoms with Crippen molar-refractivity contribution in [3.63, 3.8) is 0 Å². The SMILES string of the molecule is CCNC(=O)[C@H](CC)N(Cc1ccc(C)cc1)C(=O)CN(c1ccc(Cl)c(C(F)(F)F)c1)S(=O)(=O)c1ccc(C)cc1. The van der Waals surface area contributed by atoms with E-state index in [1.165, 1.54) is 17.0 Å². The van der Waals surface area contributed by atoms with E-state index in [0.717, 1.165) is 23.3 Å². The van der Waals surface area contributed by atoms with Gasteiger partial charge in [0.1, 0.15) is 12.6 Å². The van der Waals surface area contributed by atoms with E-state index in [-0.39, 0.29) is 17.9 Å². The minimum absolute atomic E-state index is 0.0262. The molecule has 0 aliphatic heterocycles. The van der Waals surface area contributed by atoms with Gasteiger partial charge in [-0.05, 0) is 63.1 Å². The number of hydrogen-bond donors (Lipinski definition) is 1. The molecular weight excluding hydrogens is 591 g/mol. The lowest BCUT2D eigenvalue weighted by Crippen LogP contribution is -2.52. The van der Waals surface area contributed by atoms with Crippen molar-refractivity contribution in [3.05, 3.63) is 94.0 Å². The van der Waals surface area contributed by atoms with Gasteiger partial charge in [0.15, 0.2) is 0 Å². The summed E-state index contributed by atoms with van der Waals surface area (Å²) in [5, 5.41) is 2.08. The van der Waals surface area contributed by atoms with Crippen LogP contribution >= 0.6 is 11.6 Å². The van der Waals surface area contributed by atoms with Crippen LogP contribution in [-0.4, -0.2) is 44.3 Å². The Kier molecular flexibility index (Phi) is 10.7. The van der Waals surface area contributed by atoms with Crippen LogP contribution < -0.4 is 9.62 Å². The standard InChI is InChI=1S/C30H33ClF3N3O4S/c1-5-27(29(39)35-6-2)36(18-22-11-7-20(3)8-12-22)28(38)19-37(42(40,41)24-14-9-21(4)10-15-24)23-13-16-26(31)25(17-23)30(32,33)34/h7-17,27H,5-6,18-19H2,1-4H3,(H,35,39)/t27-/m0/s1. The molecule has 1 N–H and O–H groups in total. The second-order valence-corrected chi connectivity index (χ2v) is 12.1. The number of amides is 2. The molecule has 0 saturated carbocycles. The summed E-state index contributed by atoms with van der Waals surface area (Å²) in [7, 11) is -4.54. The van der Waals surface area contributed by atoms with E-state index >= 15 is 0 Å². The fraction of sp³-hybridized carbons (Fsp3) is 0.333. The van der Waals surface area contributed by atoms with Crippen LogP contribution in [0.5, 0.6) is 0 Å². The van der Waals surface area contributed by atoms with Crippen LogP contribution in [0.25, 0.3) is 0 Å². The normalized spacial score (nSPS) is 12.5. The largest absolute Gasteiger partial charge is 0.417 e. The van der Waals surface area contributed by atoms with Crippen molar-refractivity contribution in [1.29, 1.82) is 0 Å². The van der Waals surface area contributed by atoms with Gasteiger partial charge in [-0.3, -0.25) is 13.9 Å². The highest BCUT2D eigenvalue weighted by molar-refractivity contribution is 7.92. The van der Waals surface area contributed by atoms with Crippen molar-refractivity contribution in [2.45, 2.75) is 57.8 Å². The number of benzene rings is 3. The number of nitrogens with zero attached hydrogens (tertiary/aromatic N) is 2. The minimum Gasteiger partial charge on any atom is -0.355 e. The van der Waals surface area contributed by atoms with E-state index in [0.29, 0.717) is 22.5 Å². The van der Waals surface area contributed by atoms with Gasteiger partial charge in [0.25, 0.3) is 10.0 Å². The summed E-state index contributed by atoms with van der Waals surface area (Å²) < 4.78 is 69.7. The molecule has 0 radical (unpaired) electrons. The first kappa shape index (κ1) is 32.9. The molecule has 2 amide bonds. The monoisotopic (exact) mass is 623 g/mol. The summed E-state index contributed by atoms with van der Waals surface area (Å²) in [6, 6.07) is 14.7. The first-order valence-corrected chi connectivity index (χ1v) is 15.1. The van der Waals surface area contributed by atoms with E-state index in [4.69, 9.17) is 11.6 Å². The molecule has 226 valence electrons. The van der Waals surface area contributed by atoms with Gasteiger partial charge in [-0.15, -0.1) is 0 Å². The molecule has 42 heavy (non-hydrogen) atoms. The van der Waals surface area contributed by atoms with Crippen molar-refractivity contribution in [1.82, 2.24) is 10.2 Å². The van der Waals surface area contributed by atoms with Gasteiger partial charge in [0.2, 0.25) is 11.8 Å². The Bertz CT molecular complexity index is 1510. The third-order valence-electron chi connectivity index (χ3n) is 6.64. The topological polar surface area (TPSA) is 86.8 Å². The van der Waals surface area contributed by atoms with E-state index in [2.05, 4.69) is 5.32 Å². The zero-order valence-electron chi connectivity index (χ0n) is 23.7. The van der Waals surface area contributed by atoms with Crippen LogP contribution in [0.15, 0.2) is 71.6 Å². The molecule has 0 aliphatic rings. The third-order valence-corrected chi connectivity index (χ3v) is 8.76. The number of anilines is 1. The fourth-order valence-electron chi connectivity index (χ4n) is 4.35. The lowest BCUT2D eigenvalue weighted by Gasteiger charge is -2.33. The van der Waals surface area contributed by atoms with Gasteiger partial charge < -0.3 is 10.2 Å². The van der Waals surface area contributed by atoms with Crippen molar-refractivity contribution in [2.24, 2.45) is 0 Å². The molecule has 3 rings (SSSR count). The average Bonchev–Trinajstić information content (AvgIpc) is 2.92. The van der Waals surface area contributed by atoms with Crippen LogP contribution in [-0.2, 0) is 32.3 Å². The Hall–Kier alpha value is -3.57. The minimum atomic E-state index is -4.88. The molecule has 0 fully saturated rings. The first-order valence-electron chi connectivity index (χ1n) is 13.3. The number of aryl methyl sites for hydroxylation is 2. The van der Waals surface area contributed by atoms with E-state index in [1.807, 2.05) is 19.1 Å². The number of halogens is 4. The molecule has 0 aliphatic carbocycles. The van der Waals surface area contributed by atoms with Gasteiger partial charge in [0, 0.05) is 13.1 Å². The number of hydrogen-bond acceptors (Lipinski definition) is 4. The molecule has 1 atom stereocenters. The maximum atomic E-state index is 14.0. The third kappa shape index (κ3) is 7.83. The first-order chi connectivity index (χ1) is 19.7. The predicted molar refractivity (Wildman–Crippen MR) is 157 cm³/mol. The number of rotatable bonds is 11. The highest BCUT2D eigenvalue weighted by Crippen LogP contribution is 2.38. The van der Waals surface area contributed by atoms with Gasteiger partial charge >= 0.3 is 6.18 Å². The highest BCUT2D eigenvalue weighted by atomic mass is 35.5. The Morgan fingerprint density at radius 3 is 2.02 bits per heavy atom. The van der Waals surface area contributed by atoms with E-state index in [1.54, 1.807) is 45.0 Å². The molecule has 7 nitrogen and oxygen atoms in total. The summed E-state index contributed by atoms with van der Waals surface area (Å²) in [5.74, 6) is -1.20. The molecular formula is C30H33ClF3N3O4S. The van der Waals surface area contributed by atoms with Crippen molar-refractivity contribution in [2.75, 3.05) is 17.4 Å². The van der Waals surface area contributed by atoms with Crippen LogP contribution in [0.2, 0.25) is 5.02 Å². The fourth-order valence-corrected chi connectivity index (χ4v) is 5.98. The smallest absolute Gasteiger partial charge is 0.355 e. The average molecular weight is 624 g/mol. The van der Waals surface area contributed by atoms with Crippen LogP contribution in [0.4, 0.5) is 18.9 Å². The van der Waals surface area contributed by atoms with Gasteiger partial charge in [0.05, 0.1) is 21.2 Å². The number of nitrogens with one attached hydrogen (secondary N) is 1. The summed E-state index contributed by atoms with van der Waals surface area (Å²) in [6.07, 6.45) is -4.66. The Morgan fingerprint density at radius 2 is 1.50 bits per heavy atom. The second kappa shape index (κ2) is 13.6. The van der Waals surface area contributed by atoms with Gasteiger partial charge in [-0.25, -0.2) is 8.42 Å². The summed E-state index contributed by atoms with van der Waals surface area (Å²) >= 11 is 5.81. The maximum absolute atomic E-state index is 14.0. The molecule has 0 unspecified atom stereocenters. The summed E-state index contributed by atoms with van der Waals surface area (Å²) in [4.78, 5) is 28.0. The van der Waals surface area contributed by atoms with Crippen LogP contribution in [0.1, 0.15) is 42.5 Å². The van der Waals surface area contributed by atoms with Gasteiger partial charge in [-0.1, -0.05) is 66.0 Å². The van der Waals surface area contributed by atoms with Crippen molar-refractivity contribution in [3.8, 4) is 0 Å². The van der Waals surface area contributed by atoms with Crippen molar-refractivity contribution >= 4 is 39.1 Å². The number of sulfonamides is 1. The van der Waals surface area contributed by atoms with E-state index < -0.39 is 56.9 Å². The molecule has 3 aromatic carbocycles. The zero-order chi connectivity index (χ0) is 31.2. The zero-order valence-corrected chi connectivity index (χ0v) is 25.3. The molecule has 0 aromatic heterocycles. The molecule has 0 bridgehead atoms. The van der Waals surface area contributed by atoms with Crippen molar-refractivity contribution < 1.29 is 31.2 Å². The molecule has 0 heterocycles. The Morgan fingerprint density at radius 1 is 0.929 bits per heavy atom. The lowest BCUT2D eigenvalue weighted by molar-refractivity contribution is -0.140. The number of alkyl halides is 3. The Labute approximate surface area is 249 Å². The maximum Gasteiger partial charge on any atom is 0.417 e. The molecule has 3 aromatic rings. The van der Waals surface area contributed by atoms with E-state index in [9.17, 15) is 31.2 Å². The second-order valence-electron chi connectivity index (χ2n) is 9.81. The molecule has 0 saturated heterocycles. The lowest BCUT2D eigenvalue weighted by atomic mass is 10.1. The highest BCUT2D eigenvalue weighted by Gasteiger charge is 2.37. The van der Waals surface area contributed by atoms with Gasteiger partial charge in [-0.2, -0.15) is 13.2 Å². The number of carbonyl (C=O) groups excluding carboxylic acids is 2. The Balaban J connectivity index is 2.14. The van der Waals surface area contributed by atoms with Crippen LogP contribution in [0, 0.1) is 13.8 Å². The number of likely N-dealkylation sites (N-methyl/N-ethyl adjacent to an activating group) is 1. The summed E-state index contributed by atoms with van der Waals surface area (Å²) in [6.45, 7) is 6.50. The molecule has 12 heteroatoms.